The van der Waals surface area contributed by atoms with Crippen molar-refractivity contribution in [1.82, 2.24) is 9.80 Å². The van der Waals surface area contributed by atoms with Crippen molar-refractivity contribution in [3.8, 4) is 0 Å². The largest absolute Gasteiger partial charge is 0.395 e. The lowest BCUT2D eigenvalue weighted by atomic mass is 9.74. The number of hydrogen-bond donors (Lipinski definition) is 1. The van der Waals surface area contributed by atoms with E-state index in [0.29, 0.717) is 18.0 Å². The molecule has 0 spiro atoms. The molecule has 5 heteroatoms. The molecule has 4 rings (SSSR count). The molecule has 148 valence electrons. The van der Waals surface area contributed by atoms with E-state index in [2.05, 4.69) is 17.0 Å². The van der Waals surface area contributed by atoms with E-state index in [1.165, 1.54) is 42.7 Å². The van der Waals surface area contributed by atoms with Crippen LogP contribution in [0.3, 0.4) is 0 Å². The SMILES string of the molecule is CN(C[C@H]1[C@H](c2ccccc2)[C@@H](CO)N1CC1CC1)C(=O)c1ccc(F)cc1. The molecule has 1 saturated carbocycles. The number of carbonyl (C=O) groups is 1. The molecule has 1 amide bonds. The average Bonchev–Trinajstić information content (AvgIpc) is 3.53. The minimum absolute atomic E-state index is 0.0994. The zero-order valence-electron chi connectivity index (χ0n) is 16.2. The zero-order chi connectivity index (χ0) is 19.7. The van der Waals surface area contributed by atoms with Gasteiger partial charge in [0, 0.05) is 43.7 Å². The Morgan fingerprint density at radius 1 is 1.11 bits per heavy atom. The van der Waals surface area contributed by atoms with Crippen LogP contribution in [-0.4, -0.2) is 59.6 Å². The molecular formula is C23H27FN2O2. The van der Waals surface area contributed by atoms with E-state index < -0.39 is 0 Å². The smallest absolute Gasteiger partial charge is 0.253 e. The molecule has 1 saturated heterocycles. The fourth-order valence-electron chi connectivity index (χ4n) is 4.42. The average molecular weight is 382 g/mol. The van der Waals surface area contributed by atoms with Gasteiger partial charge in [-0.2, -0.15) is 0 Å². The van der Waals surface area contributed by atoms with E-state index in [9.17, 15) is 14.3 Å². The van der Waals surface area contributed by atoms with E-state index in [4.69, 9.17) is 0 Å². The first-order chi connectivity index (χ1) is 13.6. The molecule has 0 radical (unpaired) electrons. The predicted molar refractivity (Wildman–Crippen MR) is 107 cm³/mol. The second kappa shape index (κ2) is 8.02. The third-order valence-corrected chi connectivity index (χ3v) is 6.12. The highest BCUT2D eigenvalue weighted by Crippen LogP contribution is 2.44. The maximum Gasteiger partial charge on any atom is 0.253 e. The number of aliphatic hydroxyl groups excluding tert-OH is 1. The first-order valence-corrected chi connectivity index (χ1v) is 10.0. The van der Waals surface area contributed by atoms with E-state index in [0.717, 1.165) is 6.54 Å². The maximum atomic E-state index is 13.2. The van der Waals surface area contributed by atoms with Crippen molar-refractivity contribution in [2.45, 2.75) is 30.8 Å². The van der Waals surface area contributed by atoms with Gasteiger partial charge in [0.25, 0.3) is 5.91 Å². The summed E-state index contributed by atoms with van der Waals surface area (Å²) in [6.07, 6.45) is 2.50. The molecule has 1 aliphatic heterocycles. The second-order valence-electron chi connectivity index (χ2n) is 8.09. The van der Waals surface area contributed by atoms with Gasteiger partial charge in [0.1, 0.15) is 5.82 Å². The number of aliphatic hydroxyl groups is 1. The summed E-state index contributed by atoms with van der Waals surface area (Å²) < 4.78 is 13.2. The summed E-state index contributed by atoms with van der Waals surface area (Å²) in [5.74, 6) is 0.467. The number of carbonyl (C=O) groups excluding carboxylic acids is 1. The van der Waals surface area contributed by atoms with Crippen molar-refractivity contribution < 1.29 is 14.3 Å². The molecule has 2 aromatic rings. The van der Waals surface area contributed by atoms with Crippen LogP contribution in [-0.2, 0) is 0 Å². The normalized spacial score (nSPS) is 24.6. The Morgan fingerprint density at radius 2 is 1.79 bits per heavy atom. The topological polar surface area (TPSA) is 43.8 Å². The Bertz CT molecular complexity index is 807. The van der Waals surface area contributed by atoms with Crippen molar-refractivity contribution in [3.63, 3.8) is 0 Å². The zero-order valence-corrected chi connectivity index (χ0v) is 16.2. The van der Waals surface area contributed by atoms with Crippen molar-refractivity contribution in [2.24, 2.45) is 5.92 Å². The van der Waals surface area contributed by atoms with E-state index in [1.807, 2.05) is 18.2 Å². The van der Waals surface area contributed by atoms with Crippen LogP contribution in [0.1, 0.15) is 34.7 Å². The van der Waals surface area contributed by atoms with Crippen molar-refractivity contribution in [2.75, 3.05) is 26.7 Å². The molecule has 1 aliphatic carbocycles. The molecule has 2 aromatic carbocycles. The Labute approximate surface area is 165 Å². The van der Waals surface area contributed by atoms with Gasteiger partial charge >= 0.3 is 0 Å². The molecule has 0 bridgehead atoms. The highest BCUT2D eigenvalue weighted by atomic mass is 19.1. The van der Waals surface area contributed by atoms with Crippen molar-refractivity contribution >= 4 is 5.91 Å². The molecule has 28 heavy (non-hydrogen) atoms. The van der Waals surface area contributed by atoms with Gasteiger partial charge in [-0.15, -0.1) is 0 Å². The van der Waals surface area contributed by atoms with Gasteiger partial charge < -0.3 is 10.0 Å². The third-order valence-electron chi connectivity index (χ3n) is 6.12. The molecule has 1 N–H and O–H groups in total. The first kappa shape index (κ1) is 19.1. The van der Waals surface area contributed by atoms with Crippen LogP contribution in [0.25, 0.3) is 0 Å². The fraction of sp³-hybridized carbons (Fsp3) is 0.435. The van der Waals surface area contributed by atoms with E-state index >= 15 is 0 Å². The molecule has 4 nitrogen and oxygen atoms in total. The van der Waals surface area contributed by atoms with Gasteiger partial charge in [-0.1, -0.05) is 30.3 Å². The van der Waals surface area contributed by atoms with Crippen LogP contribution in [0.15, 0.2) is 54.6 Å². The number of hydrogen-bond acceptors (Lipinski definition) is 3. The minimum atomic E-state index is -0.344. The number of amides is 1. The lowest BCUT2D eigenvalue weighted by Gasteiger charge is -2.56. The van der Waals surface area contributed by atoms with Crippen molar-refractivity contribution in [1.29, 1.82) is 0 Å². The van der Waals surface area contributed by atoms with Crippen LogP contribution in [0, 0.1) is 11.7 Å². The molecule has 0 unspecified atom stereocenters. The lowest BCUT2D eigenvalue weighted by Crippen LogP contribution is -2.67. The van der Waals surface area contributed by atoms with Crippen LogP contribution in [0.2, 0.25) is 0 Å². The maximum absolute atomic E-state index is 13.2. The van der Waals surface area contributed by atoms with Gasteiger partial charge in [-0.3, -0.25) is 9.69 Å². The number of benzene rings is 2. The van der Waals surface area contributed by atoms with Gasteiger partial charge in [0.2, 0.25) is 0 Å². The fourth-order valence-corrected chi connectivity index (χ4v) is 4.42. The summed E-state index contributed by atoms with van der Waals surface area (Å²) in [5, 5.41) is 10.0. The third kappa shape index (κ3) is 3.82. The molecule has 2 aliphatic rings. The quantitative estimate of drug-likeness (QED) is 0.800. The van der Waals surface area contributed by atoms with E-state index in [1.54, 1.807) is 11.9 Å². The van der Waals surface area contributed by atoms with Crippen LogP contribution < -0.4 is 0 Å². The molecule has 2 fully saturated rings. The summed E-state index contributed by atoms with van der Waals surface area (Å²) in [6.45, 7) is 1.69. The molecule has 3 atom stereocenters. The predicted octanol–water partition coefficient (Wildman–Crippen LogP) is 3.14. The Hall–Kier alpha value is -2.24. The number of nitrogens with zero attached hydrogens (tertiary/aromatic N) is 2. The summed E-state index contributed by atoms with van der Waals surface area (Å²) >= 11 is 0. The molecule has 0 aromatic heterocycles. The highest BCUT2D eigenvalue weighted by Gasteiger charge is 2.50. The van der Waals surface area contributed by atoms with Crippen molar-refractivity contribution in [3.05, 3.63) is 71.5 Å². The van der Waals surface area contributed by atoms with Gasteiger partial charge in [0.15, 0.2) is 0 Å². The van der Waals surface area contributed by atoms with Crippen LogP contribution >= 0.6 is 0 Å². The monoisotopic (exact) mass is 382 g/mol. The number of halogens is 1. The van der Waals surface area contributed by atoms with Crippen LogP contribution in [0.5, 0.6) is 0 Å². The summed E-state index contributed by atoms with van der Waals surface area (Å²) in [5.41, 5.74) is 1.70. The highest BCUT2D eigenvalue weighted by molar-refractivity contribution is 5.94. The number of likely N-dealkylation sites (N-methyl/N-ethyl adjacent to an activating group) is 1. The van der Waals surface area contributed by atoms with Gasteiger partial charge in [0.05, 0.1) is 6.61 Å². The standard InChI is InChI=1S/C23H27FN2O2/c1-25(23(28)18-9-11-19(24)12-10-18)14-20-22(17-5-3-2-4-6-17)21(15-27)26(20)13-16-7-8-16/h2-6,9-12,16,20-22,27H,7-8,13-15H2,1H3/t20-,21+,22-/m0/s1. The Kier molecular flexibility index (Phi) is 5.47. The summed E-state index contributed by atoms with van der Waals surface area (Å²) in [6, 6.07) is 16.2. The Balaban J connectivity index is 1.52. The van der Waals surface area contributed by atoms with Crippen LogP contribution in [0.4, 0.5) is 4.39 Å². The number of rotatable bonds is 7. The Morgan fingerprint density at radius 3 is 2.39 bits per heavy atom. The summed E-state index contributed by atoms with van der Waals surface area (Å²) in [4.78, 5) is 16.9. The van der Waals surface area contributed by atoms with E-state index in [-0.39, 0.29) is 36.3 Å². The second-order valence-corrected chi connectivity index (χ2v) is 8.09. The minimum Gasteiger partial charge on any atom is -0.395 e. The molecule has 1 heterocycles. The molecular weight excluding hydrogens is 355 g/mol. The van der Waals surface area contributed by atoms with Gasteiger partial charge in [-0.25, -0.2) is 4.39 Å². The number of likely N-dealkylation sites (tertiary alicyclic amines) is 1. The summed E-state index contributed by atoms with van der Waals surface area (Å²) in [7, 11) is 1.80. The first-order valence-electron chi connectivity index (χ1n) is 10.0. The van der Waals surface area contributed by atoms with Gasteiger partial charge in [-0.05, 0) is 48.6 Å². The lowest BCUT2D eigenvalue weighted by molar-refractivity contribution is -0.0545.